The monoisotopic (exact) mass is 327 g/mol. The Balaban J connectivity index is 3.18. The molecule has 1 fully saturated rings. The van der Waals surface area contributed by atoms with Gasteiger partial charge in [-0.25, -0.2) is 8.42 Å². The summed E-state index contributed by atoms with van der Waals surface area (Å²) in [6.07, 6.45) is 1.59. The van der Waals surface area contributed by atoms with Crippen molar-refractivity contribution in [1.82, 2.24) is 4.31 Å². The van der Waals surface area contributed by atoms with Gasteiger partial charge in [0.25, 0.3) is 10.0 Å². The number of hydrogen-bond donors (Lipinski definition) is 0. The average molecular weight is 327 g/mol. The van der Waals surface area contributed by atoms with Crippen molar-refractivity contribution in [1.29, 1.82) is 0 Å². The van der Waals surface area contributed by atoms with Crippen molar-refractivity contribution in [2.45, 2.75) is 49.7 Å². The van der Waals surface area contributed by atoms with Crippen LogP contribution in [0.1, 0.15) is 32.6 Å². The van der Waals surface area contributed by atoms with Crippen LogP contribution in [-0.2, 0) is 10.0 Å². The summed E-state index contributed by atoms with van der Waals surface area (Å²) >= 11 is 0. The zero-order valence-electron chi connectivity index (χ0n) is 10.7. The lowest BCUT2D eigenvalue weighted by atomic mass is 10.2. The van der Waals surface area contributed by atoms with Crippen molar-refractivity contribution in [3.05, 3.63) is 0 Å². The molecule has 0 aromatic carbocycles. The zero-order chi connectivity index (χ0) is 15.8. The van der Waals surface area contributed by atoms with Crippen molar-refractivity contribution >= 4 is 10.0 Å². The van der Waals surface area contributed by atoms with E-state index in [0.29, 0.717) is 12.8 Å². The molecule has 120 valence electrons. The number of sulfonamides is 1. The highest BCUT2D eigenvalue weighted by atomic mass is 32.2. The van der Waals surface area contributed by atoms with Crippen LogP contribution in [0.25, 0.3) is 0 Å². The van der Waals surface area contributed by atoms with E-state index in [1.54, 1.807) is 0 Å². The van der Waals surface area contributed by atoms with Gasteiger partial charge in [-0.3, -0.25) is 0 Å². The molecule has 0 saturated carbocycles. The summed E-state index contributed by atoms with van der Waals surface area (Å²) < 4.78 is 102. The first kappa shape index (κ1) is 17.5. The summed E-state index contributed by atoms with van der Waals surface area (Å²) in [4.78, 5) is 0. The molecular formula is C10H15F6NO2S. The largest absolute Gasteiger partial charge is 0.427 e. The van der Waals surface area contributed by atoms with Crippen LogP contribution in [0.15, 0.2) is 0 Å². The first-order chi connectivity index (χ1) is 8.86. The minimum Gasteiger partial charge on any atom is -0.206 e. The molecule has 20 heavy (non-hydrogen) atoms. The standard InChI is InChI=1S/C10H15F6NO2S/c1-8(11,12)9(13,14)10(15,16)20(18,19)17-6-4-2-3-5-7-17/h2-7H2,1H3. The third kappa shape index (κ3) is 2.76. The molecule has 0 unspecified atom stereocenters. The van der Waals surface area contributed by atoms with Gasteiger partial charge in [0.2, 0.25) is 0 Å². The molecule has 1 heterocycles. The Morgan fingerprint density at radius 2 is 1.25 bits per heavy atom. The Morgan fingerprint density at radius 3 is 1.60 bits per heavy atom. The van der Waals surface area contributed by atoms with Gasteiger partial charge >= 0.3 is 17.1 Å². The first-order valence-corrected chi connectivity index (χ1v) is 7.43. The van der Waals surface area contributed by atoms with Crippen LogP contribution < -0.4 is 0 Å². The van der Waals surface area contributed by atoms with Gasteiger partial charge in [0, 0.05) is 20.0 Å². The van der Waals surface area contributed by atoms with Crippen molar-refractivity contribution in [2.75, 3.05) is 13.1 Å². The van der Waals surface area contributed by atoms with Gasteiger partial charge < -0.3 is 0 Å². The highest BCUT2D eigenvalue weighted by Gasteiger charge is 2.76. The molecule has 1 rings (SSSR count). The maximum atomic E-state index is 13.5. The fraction of sp³-hybridized carbons (Fsp3) is 1.00. The molecule has 0 aromatic heterocycles. The van der Waals surface area contributed by atoms with E-state index in [-0.39, 0.29) is 30.2 Å². The maximum absolute atomic E-state index is 13.5. The van der Waals surface area contributed by atoms with Crippen LogP contribution in [0.4, 0.5) is 26.3 Å². The van der Waals surface area contributed by atoms with Crippen molar-refractivity contribution in [3.8, 4) is 0 Å². The Morgan fingerprint density at radius 1 is 0.850 bits per heavy atom. The predicted molar refractivity (Wildman–Crippen MR) is 59.5 cm³/mol. The molecule has 0 amide bonds. The average Bonchev–Trinajstić information content (AvgIpc) is 2.55. The van der Waals surface area contributed by atoms with E-state index in [9.17, 15) is 34.8 Å². The fourth-order valence-corrected chi connectivity index (χ4v) is 3.43. The SMILES string of the molecule is CC(F)(F)C(F)(F)C(F)(F)S(=O)(=O)N1CCCCCC1. The van der Waals surface area contributed by atoms with Crippen LogP contribution in [0.5, 0.6) is 0 Å². The minimum atomic E-state index is -5.98. The molecule has 1 aliphatic rings. The molecule has 0 spiro atoms. The van der Waals surface area contributed by atoms with Crippen LogP contribution >= 0.6 is 0 Å². The number of hydrogen-bond acceptors (Lipinski definition) is 2. The Bertz CT molecular complexity index is 437. The molecular weight excluding hydrogens is 312 g/mol. The summed E-state index contributed by atoms with van der Waals surface area (Å²) in [6, 6.07) is 0. The Kier molecular flexibility index (Phi) is 4.70. The molecule has 0 aromatic rings. The molecule has 1 saturated heterocycles. The van der Waals surface area contributed by atoms with Crippen LogP contribution in [-0.4, -0.2) is 42.9 Å². The third-order valence-electron chi connectivity index (χ3n) is 3.15. The van der Waals surface area contributed by atoms with E-state index in [1.165, 1.54) is 0 Å². The molecule has 0 radical (unpaired) electrons. The molecule has 10 heteroatoms. The second kappa shape index (κ2) is 5.36. The molecule has 3 nitrogen and oxygen atoms in total. The van der Waals surface area contributed by atoms with Crippen LogP contribution in [0.3, 0.4) is 0 Å². The van der Waals surface area contributed by atoms with Crippen molar-refractivity contribution in [3.63, 3.8) is 0 Å². The topological polar surface area (TPSA) is 37.4 Å². The second-order valence-electron chi connectivity index (χ2n) is 4.80. The summed E-state index contributed by atoms with van der Waals surface area (Å²) in [5.74, 6) is -11.1. The molecule has 0 atom stereocenters. The highest BCUT2D eigenvalue weighted by molar-refractivity contribution is 7.90. The summed E-state index contributed by atoms with van der Waals surface area (Å²) in [5.41, 5.74) is 0. The second-order valence-corrected chi connectivity index (χ2v) is 6.78. The lowest BCUT2D eigenvalue weighted by Gasteiger charge is -2.33. The van der Waals surface area contributed by atoms with Gasteiger partial charge in [-0.15, -0.1) is 0 Å². The predicted octanol–water partition coefficient (Wildman–Crippen LogP) is 3.08. The van der Waals surface area contributed by atoms with Crippen LogP contribution in [0.2, 0.25) is 0 Å². The number of rotatable bonds is 4. The first-order valence-electron chi connectivity index (χ1n) is 5.99. The summed E-state index contributed by atoms with van der Waals surface area (Å²) in [5, 5.41) is -5.86. The molecule has 1 aliphatic heterocycles. The zero-order valence-corrected chi connectivity index (χ0v) is 11.5. The quantitative estimate of drug-likeness (QED) is 0.744. The Hall–Kier alpha value is -0.510. The highest BCUT2D eigenvalue weighted by Crippen LogP contribution is 2.49. The van der Waals surface area contributed by atoms with E-state index < -0.39 is 34.0 Å². The van der Waals surface area contributed by atoms with Gasteiger partial charge in [0.05, 0.1) is 0 Å². The summed E-state index contributed by atoms with van der Waals surface area (Å²) in [6.45, 7) is -1.18. The van der Waals surface area contributed by atoms with E-state index in [1.807, 2.05) is 0 Å². The number of alkyl halides is 6. The normalized spacial score (nSPS) is 20.8. The smallest absolute Gasteiger partial charge is 0.206 e. The lowest BCUT2D eigenvalue weighted by Crippen LogP contribution is -2.60. The minimum absolute atomic E-state index is 0.180. The van der Waals surface area contributed by atoms with Crippen molar-refractivity contribution < 1.29 is 34.8 Å². The van der Waals surface area contributed by atoms with Gasteiger partial charge in [0.1, 0.15) is 0 Å². The third-order valence-corrected chi connectivity index (χ3v) is 5.10. The van der Waals surface area contributed by atoms with E-state index in [0.717, 1.165) is 0 Å². The van der Waals surface area contributed by atoms with Gasteiger partial charge in [-0.1, -0.05) is 12.8 Å². The van der Waals surface area contributed by atoms with Gasteiger partial charge in [-0.05, 0) is 12.8 Å². The van der Waals surface area contributed by atoms with Crippen LogP contribution in [0, 0.1) is 0 Å². The van der Waals surface area contributed by atoms with E-state index in [4.69, 9.17) is 0 Å². The maximum Gasteiger partial charge on any atom is 0.427 e. The fourth-order valence-electron chi connectivity index (χ4n) is 1.86. The van der Waals surface area contributed by atoms with E-state index in [2.05, 4.69) is 0 Å². The number of nitrogens with zero attached hydrogens (tertiary/aromatic N) is 1. The molecule has 0 N–H and O–H groups in total. The van der Waals surface area contributed by atoms with Crippen molar-refractivity contribution in [2.24, 2.45) is 0 Å². The van der Waals surface area contributed by atoms with E-state index >= 15 is 0 Å². The number of halogens is 6. The lowest BCUT2D eigenvalue weighted by molar-refractivity contribution is -0.272. The summed E-state index contributed by atoms with van der Waals surface area (Å²) in [7, 11) is -5.86. The Labute approximate surface area is 113 Å². The molecule has 0 aliphatic carbocycles. The van der Waals surface area contributed by atoms with Gasteiger partial charge in [0.15, 0.2) is 0 Å². The van der Waals surface area contributed by atoms with Gasteiger partial charge in [-0.2, -0.15) is 30.6 Å². The molecule has 0 bridgehead atoms.